The van der Waals surface area contributed by atoms with E-state index < -0.39 is 11.6 Å². The van der Waals surface area contributed by atoms with Crippen molar-refractivity contribution >= 4 is 11.3 Å². The van der Waals surface area contributed by atoms with Gasteiger partial charge in [0.15, 0.2) is 0 Å². The van der Waals surface area contributed by atoms with Crippen LogP contribution in [0.5, 0.6) is 0 Å². The van der Waals surface area contributed by atoms with Crippen LogP contribution in [0.1, 0.15) is 16.5 Å². The second kappa shape index (κ2) is 4.69. The van der Waals surface area contributed by atoms with Crippen LogP contribution in [0.15, 0.2) is 35.7 Å². The van der Waals surface area contributed by atoms with E-state index in [0.29, 0.717) is 5.56 Å². The van der Waals surface area contributed by atoms with Gasteiger partial charge in [-0.2, -0.15) is 0 Å². The van der Waals surface area contributed by atoms with Gasteiger partial charge in [0.2, 0.25) is 0 Å². The molecular weight excluding hydrogens is 230 g/mol. The highest BCUT2D eigenvalue weighted by Crippen LogP contribution is 2.26. The zero-order valence-electron chi connectivity index (χ0n) is 8.28. The Morgan fingerprint density at radius 2 is 1.88 bits per heavy atom. The van der Waals surface area contributed by atoms with Gasteiger partial charge in [0.05, 0.1) is 6.04 Å². The van der Waals surface area contributed by atoms with Crippen LogP contribution < -0.4 is 11.3 Å². The SMILES string of the molecule is NNC(c1cc(F)cc(F)c1)c1cccs1. The minimum absolute atomic E-state index is 0.384. The molecule has 16 heavy (non-hydrogen) atoms. The molecule has 0 aliphatic carbocycles. The molecule has 1 aromatic heterocycles. The maximum absolute atomic E-state index is 13.1. The number of thiophene rings is 1. The van der Waals surface area contributed by atoms with E-state index in [2.05, 4.69) is 5.43 Å². The fraction of sp³-hybridized carbons (Fsp3) is 0.0909. The van der Waals surface area contributed by atoms with Gasteiger partial charge in [-0.25, -0.2) is 14.2 Å². The Balaban J connectivity index is 2.41. The van der Waals surface area contributed by atoms with Crippen molar-refractivity contribution in [2.24, 2.45) is 5.84 Å². The van der Waals surface area contributed by atoms with Gasteiger partial charge in [-0.3, -0.25) is 5.84 Å². The number of nitrogens with one attached hydrogen (secondary N) is 1. The third-order valence-electron chi connectivity index (χ3n) is 2.21. The second-order valence-electron chi connectivity index (χ2n) is 3.32. The molecule has 0 saturated carbocycles. The highest BCUT2D eigenvalue weighted by atomic mass is 32.1. The molecule has 1 heterocycles. The van der Waals surface area contributed by atoms with Crippen LogP contribution in [0.2, 0.25) is 0 Å². The number of halogens is 2. The highest BCUT2D eigenvalue weighted by molar-refractivity contribution is 7.10. The first-order valence-corrected chi connectivity index (χ1v) is 5.54. The van der Waals surface area contributed by atoms with Crippen molar-refractivity contribution in [1.82, 2.24) is 5.43 Å². The Hall–Kier alpha value is -1.30. The molecular formula is C11H10F2N2S. The van der Waals surface area contributed by atoms with Crippen molar-refractivity contribution in [2.75, 3.05) is 0 Å². The van der Waals surface area contributed by atoms with Crippen LogP contribution >= 0.6 is 11.3 Å². The van der Waals surface area contributed by atoms with E-state index in [9.17, 15) is 8.78 Å². The molecule has 0 aliphatic rings. The summed E-state index contributed by atoms with van der Waals surface area (Å²) in [4.78, 5) is 0.910. The lowest BCUT2D eigenvalue weighted by molar-refractivity contribution is 0.567. The van der Waals surface area contributed by atoms with Crippen LogP contribution in [0.3, 0.4) is 0 Å². The first-order chi connectivity index (χ1) is 7.70. The van der Waals surface area contributed by atoms with Gasteiger partial charge >= 0.3 is 0 Å². The second-order valence-corrected chi connectivity index (χ2v) is 4.30. The monoisotopic (exact) mass is 240 g/mol. The van der Waals surface area contributed by atoms with Gasteiger partial charge in [0.25, 0.3) is 0 Å². The third-order valence-corrected chi connectivity index (χ3v) is 3.15. The summed E-state index contributed by atoms with van der Waals surface area (Å²) in [5, 5.41) is 1.88. The molecule has 2 aromatic rings. The summed E-state index contributed by atoms with van der Waals surface area (Å²) in [5.41, 5.74) is 3.03. The van der Waals surface area contributed by atoms with E-state index in [4.69, 9.17) is 5.84 Å². The predicted octanol–water partition coefficient (Wildman–Crippen LogP) is 2.58. The molecule has 2 nitrogen and oxygen atoms in total. The van der Waals surface area contributed by atoms with Gasteiger partial charge in [-0.15, -0.1) is 11.3 Å². The van der Waals surface area contributed by atoms with Crippen molar-refractivity contribution in [3.63, 3.8) is 0 Å². The van der Waals surface area contributed by atoms with Crippen LogP contribution in [-0.4, -0.2) is 0 Å². The molecule has 84 valence electrons. The minimum Gasteiger partial charge on any atom is -0.271 e. The van der Waals surface area contributed by atoms with E-state index in [1.807, 2.05) is 17.5 Å². The van der Waals surface area contributed by atoms with Crippen molar-refractivity contribution in [1.29, 1.82) is 0 Å². The minimum atomic E-state index is -0.605. The summed E-state index contributed by atoms with van der Waals surface area (Å²) in [6.45, 7) is 0. The molecule has 2 rings (SSSR count). The van der Waals surface area contributed by atoms with E-state index >= 15 is 0 Å². The van der Waals surface area contributed by atoms with E-state index in [0.717, 1.165) is 10.9 Å². The molecule has 0 radical (unpaired) electrons. The average molecular weight is 240 g/mol. The molecule has 0 saturated heterocycles. The van der Waals surface area contributed by atoms with E-state index in [-0.39, 0.29) is 6.04 Å². The number of hydrogen-bond donors (Lipinski definition) is 2. The Labute approximate surface area is 95.7 Å². The van der Waals surface area contributed by atoms with E-state index in [1.165, 1.54) is 23.5 Å². The molecule has 1 atom stereocenters. The molecule has 1 aromatic carbocycles. The summed E-state index contributed by atoms with van der Waals surface area (Å²) in [6, 6.07) is 6.72. The zero-order chi connectivity index (χ0) is 11.5. The predicted molar refractivity (Wildman–Crippen MR) is 59.8 cm³/mol. The van der Waals surface area contributed by atoms with Gasteiger partial charge in [-0.05, 0) is 29.1 Å². The quantitative estimate of drug-likeness (QED) is 0.639. The standard InChI is InChI=1S/C11H10F2N2S/c12-8-4-7(5-9(13)6-8)11(15-14)10-2-1-3-16-10/h1-6,11,15H,14H2. The van der Waals surface area contributed by atoms with Crippen molar-refractivity contribution in [2.45, 2.75) is 6.04 Å². The smallest absolute Gasteiger partial charge is 0.126 e. The molecule has 0 spiro atoms. The average Bonchev–Trinajstić information content (AvgIpc) is 2.70. The van der Waals surface area contributed by atoms with Crippen LogP contribution in [-0.2, 0) is 0 Å². The summed E-state index contributed by atoms with van der Waals surface area (Å²) in [6.07, 6.45) is 0. The number of hydrogen-bond acceptors (Lipinski definition) is 3. The normalized spacial score (nSPS) is 12.7. The highest BCUT2D eigenvalue weighted by Gasteiger charge is 2.15. The third kappa shape index (κ3) is 2.27. The molecule has 0 aliphatic heterocycles. The number of rotatable bonds is 3. The molecule has 1 unspecified atom stereocenters. The Bertz CT molecular complexity index is 451. The van der Waals surface area contributed by atoms with Crippen LogP contribution in [0.4, 0.5) is 8.78 Å². The lowest BCUT2D eigenvalue weighted by Crippen LogP contribution is -2.28. The molecule has 0 bridgehead atoms. The molecule has 3 N–H and O–H groups in total. The van der Waals surface area contributed by atoms with Crippen LogP contribution in [0.25, 0.3) is 0 Å². The Morgan fingerprint density at radius 3 is 2.38 bits per heavy atom. The Kier molecular flexibility index (Phi) is 3.28. The zero-order valence-corrected chi connectivity index (χ0v) is 9.10. The summed E-state index contributed by atoms with van der Waals surface area (Å²) in [5.74, 6) is 4.20. The summed E-state index contributed by atoms with van der Waals surface area (Å²) < 4.78 is 26.1. The van der Waals surface area contributed by atoms with Gasteiger partial charge in [-0.1, -0.05) is 6.07 Å². The maximum Gasteiger partial charge on any atom is 0.126 e. The van der Waals surface area contributed by atoms with Crippen molar-refractivity contribution in [3.8, 4) is 0 Å². The maximum atomic E-state index is 13.1. The van der Waals surface area contributed by atoms with Crippen molar-refractivity contribution in [3.05, 3.63) is 57.8 Å². The van der Waals surface area contributed by atoms with Crippen molar-refractivity contribution < 1.29 is 8.78 Å². The lowest BCUT2D eigenvalue weighted by Gasteiger charge is -2.14. The van der Waals surface area contributed by atoms with Gasteiger partial charge in [0.1, 0.15) is 11.6 Å². The topological polar surface area (TPSA) is 38.0 Å². The summed E-state index contributed by atoms with van der Waals surface area (Å²) in [7, 11) is 0. The van der Waals surface area contributed by atoms with Gasteiger partial charge < -0.3 is 0 Å². The largest absolute Gasteiger partial charge is 0.271 e. The van der Waals surface area contributed by atoms with Gasteiger partial charge in [0, 0.05) is 10.9 Å². The summed E-state index contributed by atoms with van der Waals surface area (Å²) >= 11 is 1.47. The Morgan fingerprint density at radius 1 is 1.19 bits per heavy atom. The molecule has 5 heteroatoms. The van der Waals surface area contributed by atoms with Crippen LogP contribution in [0, 0.1) is 11.6 Å². The first-order valence-electron chi connectivity index (χ1n) is 4.66. The number of hydrazine groups is 1. The first kappa shape index (κ1) is 11.2. The van der Waals surface area contributed by atoms with E-state index in [1.54, 1.807) is 0 Å². The fourth-order valence-electron chi connectivity index (χ4n) is 1.54. The number of benzene rings is 1. The fourth-order valence-corrected chi connectivity index (χ4v) is 2.35. The molecule has 0 fully saturated rings. The molecule has 0 amide bonds. The lowest BCUT2D eigenvalue weighted by atomic mass is 10.1. The number of nitrogens with two attached hydrogens (primary N) is 1.